The Kier molecular flexibility index (Phi) is 5.76. The van der Waals surface area contributed by atoms with Gasteiger partial charge in [0.2, 0.25) is 5.78 Å². The Morgan fingerprint density at radius 2 is 1.94 bits per heavy atom. The molecular weight excluding hydrogens is 424 g/mol. The zero-order valence-electron chi connectivity index (χ0n) is 19.4. The van der Waals surface area contributed by atoms with Gasteiger partial charge in [0.1, 0.15) is 5.60 Å². The summed E-state index contributed by atoms with van der Waals surface area (Å²) in [7, 11) is 0. The third kappa shape index (κ3) is 3.52. The lowest BCUT2D eigenvalue weighted by Crippen LogP contribution is -2.57. The molecule has 0 aliphatic heterocycles. The third-order valence-corrected chi connectivity index (χ3v) is 8.86. The molecule has 4 aliphatic rings. The zero-order valence-corrected chi connectivity index (χ0v) is 19.4. The molecule has 0 saturated heterocycles. The number of allylic oxidation sites excluding steroid dienone is 6. The Bertz CT molecular complexity index is 1000. The summed E-state index contributed by atoms with van der Waals surface area (Å²) in [6.07, 6.45) is 9.75. The molecule has 0 unspecified atom stereocenters. The van der Waals surface area contributed by atoms with Gasteiger partial charge in [0.25, 0.3) is 0 Å². The van der Waals surface area contributed by atoms with Crippen molar-refractivity contribution in [1.29, 1.82) is 0 Å². The van der Waals surface area contributed by atoms with Gasteiger partial charge in [0, 0.05) is 10.8 Å². The van der Waals surface area contributed by atoms with Crippen LogP contribution in [-0.4, -0.2) is 45.9 Å². The number of fused-ring (bicyclic) bond motifs is 5. The molecule has 0 bridgehead atoms. The van der Waals surface area contributed by atoms with Gasteiger partial charge in [0.05, 0.1) is 12.8 Å². The van der Waals surface area contributed by atoms with Crippen LogP contribution in [0.2, 0.25) is 0 Å². The fourth-order valence-corrected chi connectivity index (χ4v) is 7.00. The van der Waals surface area contributed by atoms with E-state index in [0.29, 0.717) is 12.8 Å². The van der Waals surface area contributed by atoms with Crippen molar-refractivity contribution < 1.29 is 34.1 Å². The quantitative estimate of drug-likeness (QED) is 0.465. The number of ether oxygens (including phenoxy) is 1. The van der Waals surface area contributed by atoms with E-state index < -0.39 is 35.3 Å². The molecule has 0 radical (unpaired) electrons. The number of rotatable bonds is 6. The van der Waals surface area contributed by atoms with E-state index in [1.54, 1.807) is 12.2 Å². The first-order valence-corrected chi connectivity index (χ1v) is 11.7. The maximum absolute atomic E-state index is 13.2. The molecule has 7 nitrogen and oxygen atoms in total. The Morgan fingerprint density at radius 1 is 1.21 bits per heavy atom. The molecular formula is C26H32O7. The highest BCUT2D eigenvalue weighted by Gasteiger charge is 2.67. The Balaban J connectivity index is 1.58. The van der Waals surface area contributed by atoms with E-state index in [1.807, 2.05) is 19.9 Å². The molecule has 178 valence electrons. The van der Waals surface area contributed by atoms with Gasteiger partial charge in [-0.2, -0.15) is 0 Å². The summed E-state index contributed by atoms with van der Waals surface area (Å²) in [5, 5.41) is 20.5. The number of carbonyl (C=O) groups excluding carboxylic acids is 3. The summed E-state index contributed by atoms with van der Waals surface area (Å²) < 4.78 is 5.03. The molecule has 7 heteroatoms. The average Bonchev–Trinajstić information content (AvgIpc) is 2.98. The smallest absolute Gasteiger partial charge is 0.306 e. The molecule has 0 spiro atoms. The molecule has 2 N–H and O–H groups in total. The zero-order chi connectivity index (χ0) is 24.2. The van der Waals surface area contributed by atoms with Crippen molar-refractivity contribution in [1.82, 2.24) is 0 Å². The predicted octanol–water partition coefficient (Wildman–Crippen LogP) is 3.17. The second-order valence-corrected chi connectivity index (χ2v) is 10.5. The van der Waals surface area contributed by atoms with E-state index in [0.717, 1.165) is 18.4 Å². The van der Waals surface area contributed by atoms with Crippen LogP contribution in [0, 0.1) is 28.6 Å². The van der Waals surface area contributed by atoms with Gasteiger partial charge >= 0.3 is 11.9 Å². The standard InChI is InChI=1S/C26H32O7/c1-15-12-20-18-5-4-16-13-17(27)8-10-24(16,2)19(18)9-11-25(20,3)26(15,32)21(28)14-33-23(31)7-6-22(29)30/h8-10,13,15,18,20,32H,4-7,11-12,14H2,1-3H3,(H,29,30)/t15-,18-,20+,24+,25+,26+/m1/s1. The topological polar surface area (TPSA) is 118 Å². The first kappa shape index (κ1) is 23.6. The molecule has 0 amide bonds. The number of aliphatic carboxylic acids is 1. The molecule has 0 heterocycles. The maximum Gasteiger partial charge on any atom is 0.306 e. The van der Waals surface area contributed by atoms with Crippen molar-refractivity contribution in [2.24, 2.45) is 28.6 Å². The molecule has 33 heavy (non-hydrogen) atoms. The summed E-state index contributed by atoms with van der Waals surface area (Å²) in [6, 6.07) is 0. The number of carbonyl (C=O) groups is 4. The summed E-state index contributed by atoms with van der Waals surface area (Å²) >= 11 is 0. The van der Waals surface area contributed by atoms with Gasteiger partial charge in [-0.15, -0.1) is 0 Å². The molecule has 0 aromatic rings. The van der Waals surface area contributed by atoms with Crippen LogP contribution in [0.5, 0.6) is 0 Å². The van der Waals surface area contributed by atoms with Gasteiger partial charge in [-0.05, 0) is 62.5 Å². The van der Waals surface area contributed by atoms with Crippen molar-refractivity contribution >= 4 is 23.5 Å². The fraction of sp³-hybridized carbons (Fsp3) is 0.615. The fourth-order valence-electron chi connectivity index (χ4n) is 7.00. The van der Waals surface area contributed by atoms with Gasteiger partial charge in [-0.3, -0.25) is 19.2 Å². The lowest BCUT2D eigenvalue weighted by atomic mass is 9.51. The van der Waals surface area contributed by atoms with Crippen molar-refractivity contribution in [3.05, 3.63) is 35.5 Å². The van der Waals surface area contributed by atoms with Crippen molar-refractivity contribution in [2.75, 3.05) is 6.61 Å². The summed E-state index contributed by atoms with van der Waals surface area (Å²) in [6.45, 7) is 5.43. The minimum absolute atomic E-state index is 0.0227. The van der Waals surface area contributed by atoms with Crippen LogP contribution in [0.3, 0.4) is 0 Å². The van der Waals surface area contributed by atoms with Crippen LogP contribution in [0.4, 0.5) is 0 Å². The number of carboxylic acids is 1. The molecule has 6 atom stereocenters. The maximum atomic E-state index is 13.2. The van der Waals surface area contributed by atoms with E-state index in [9.17, 15) is 24.3 Å². The number of hydrogen-bond donors (Lipinski definition) is 2. The van der Waals surface area contributed by atoms with Gasteiger partial charge < -0.3 is 14.9 Å². The number of aliphatic hydroxyl groups is 1. The Hall–Kier alpha value is -2.54. The summed E-state index contributed by atoms with van der Waals surface area (Å²) in [5.74, 6) is -2.39. The average molecular weight is 457 g/mol. The SMILES string of the molecule is C[C@@H]1C[C@H]2[C@@H]3CCC4=CC(=O)C=C[C@]4(C)C3=CC[C@]2(C)[C@@]1(O)C(=O)COC(=O)CCC(=O)O. The number of hydrogen-bond acceptors (Lipinski definition) is 6. The van der Waals surface area contributed by atoms with Crippen LogP contribution in [0.15, 0.2) is 35.5 Å². The van der Waals surface area contributed by atoms with Crippen molar-refractivity contribution in [3.63, 3.8) is 0 Å². The van der Waals surface area contributed by atoms with Crippen LogP contribution in [-0.2, 0) is 23.9 Å². The molecule has 4 rings (SSSR count). The van der Waals surface area contributed by atoms with Gasteiger partial charge in [-0.25, -0.2) is 0 Å². The van der Waals surface area contributed by atoms with Crippen LogP contribution in [0.25, 0.3) is 0 Å². The first-order valence-electron chi connectivity index (χ1n) is 11.7. The normalized spacial score (nSPS) is 39.0. The molecule has 0 aromatic heterocycles. The minimum Gasteiger partial charge on any atom is -0.481 e. The largest absolute Gasteiger partial charge is 0.481 e. The minimum atomic E-state index is -1.64. The van der Waals surface area contributed by atoms with E-state index in [-0.39, 0.29) is 41.8 Å². The number of carboxylic acid groups (broad SMARTS) is 1. The highest BCUT2D eigenvalue weighted by molar-refractivity contribution is 6.01. The van der Waals surface area contributed by atoms with Crippen LogP contribution >= 0.6 is 0 Å². The number of Topliss-reactive ketones (excluding diaryl/α,β-unsaturated/α-hetero) is 1. The summed E-state index contributed by atoms with van der Waals surface area (Å²) in [5.41, 5.74) is -0.229. The van der Waals surface area contributed by atoms with Gasteiger partial charge in [-0.1, -0.05) is 37.1 Å². The second-order valence-electron chi connectivity index (χ2n) is 10.5. The van der Waals surface area contributed by atoms with E-state index in [1.165, 1.54) is 5.57 Å². The van der Waals surface area contributed by atoms with Crippen LogP contribution in [0.1, 0.15) is 59.3 Å². The third-order valence-electron chi connectivity index (χ3n) is 8.86. The highest BCUT2D eigenvalue weighted by atomic mass is 16.5. The highest BCUT2D eigenvalue weighted by Crippen LogP contribution is 2.66. The molecule has 4 aliphatic carbocycles. The molecule has 2 saturated carbocycles. The number of esters is 1. The van der Waals surface area contributed by atoms with Crippen molar-refractivity contribution in [3.8, 4) is 0 Å². The predicted molar refractivity (Wildman–Crippen MR) is 119 cm³/mol. The van der Waals surface area contributed by atoms with E-state index in [2.05, 4.69) is 13.0 Å². The van der Waals surface area contributed by atoms with E-state index >= 15 is 0 Å². The molecule has 2 fully saturated rings. The van der Waals surface area contributed by atoms with Crippen molar-refractivity contribution in [2.45, 2.75) is 64.9 Å². The second kappa shape index (κ2) is 8.05. The monoisotopic (exact) mass is 456 g/mol. The first-order chi connectivity index (χ1) is 15.4. The van der Waals surface area contributed by atoms with E-state index in [4.69, 9.17) is 9.84 Å². The van der Waals surface area contributed by atoms with Gasteiger partial charge in [0.15, 0.2) is 12.4 Å². The Labute approximate surface area is 193 Å². The molecule has 0 aromatic carbocycles. The van der Waals surface area contributed by atoms with Crippen LogP contribution < -0.4 is 0 Å². The lowest BCUT2D eigenvalue weighted by molar-refractivity contribution is -0.168. The lowest BCUT2D eigenvalue weighted by Gasteiger charge is -2.53. The Morgan fingerprint density at radius 3 is 2.64 bits per heavy atom. The summed E-state index contributed by atoms with van der Waals surface area (Å²) in [4.78, 5) is 47.6. The number of ketones is 2.